The molecule has 0 spiro atoms. The standard InChI is InChI=1S/C33H37NO9/c34-25-26(35)27(23-18-39-32(25)40-23)42-33-30(37-17-21-12-6-2-7-13-21)29(36-16-20-10-4-1-5-11-20)28-24(41-33)19-38-31(43-28)22-14-8-3-9-15-22/h1-15,23-33,35H,16-19,34H2. The summed E-state index contributed by atoms with van der Waals surface area (Å²) in [5.41, 5.74) is 9.11. The van der Waals surface area contributed by atoms with Gasteiger partial charge in [-0.3, -0.25) is 0 Å². The summed E-state index contributed by atoms with van der Waals surface area (Å²) in [5, 5.41) is 11.1. The number of ether oxygens (including phenoxy) is 8. The fourth-order valence-corrected chi connectivity index (χ4v) is 6.07. The maximum Gasteiger partial charge on any atom is 0.187 e. The Labute approximate surface area is 250 Å². The predicted molar refractivity (Wildman–Crippen MR) is 152 cm³/mol. The van der Waals surface area contributed by atoms with E-state index in [0.717, 1.165) is 16.7 Å². The van der Waals surface area contributed by atoms with Crippen molar-refractivity contribution in [3.05, 3.63) is 108 Å². The SMILES string of the molecule is NC1C2OCC(O2)C(OC2OC3COC(c4ccccc4)OC3C(OCc3ccccc3)C2OCc2ccccc2)C1O. The molecule has 3 aromatic rings. The van der Waals surface area contributed by atoms with Gasteiger partial charge in [-0.1, -0.05) is 91.0 Å². The van der Waals surface area contributed by atoms with Crippen LogP contribution in [-0.2, 0) is 51.1 Å². The van der Waals surface area contributed by atoms with Gasteiger partial charge in [0.2, 0.25) is 0 Å². The molecule has 0 saturated carbocycles. The molecule has 4 aliphatic heterocycles. The zero-order valence-corrected chi connectivity index (χ0v) is 23.6. The molecule has 0 amide bonds. The van der Waals surface area contributed by atoms with Crippen LogP contribution in [0.5, 0.6) is 0 Å². The summed E-state index contributed by atoms with van der Waals surface area (Å²) in [5.74, 6) is 0. The Morgan fingerprint density at radius 1 is 0.674 bits per heavy atom. The van der Waals surface area contributed by atoms with E-state index in [0.29, 0.717) is 6.61 Å². The van der Waals surface area contributed by atoms with Crippen molar-refractivity contribution in [2.45, 2.75) is 80.9 Å². The van der Waals surface area contributed by atoms with Crippen molar-refractivity contribution in [1.29, 1.82) is 0 Å². The van der Waals surface area contributed by atoms with Crippen LogP contribution in [-0.4, -0.2) is 79.7 Å². The largest absolute Gasteiger partial charge is 0.388 e. The van der Waals surface area contributed by atoms with Crippen LogP contribution >= 0.6 is 0 Å². The number of nitrogens with two attached hydrogens (primary N) is 1. The first-order valence-electron chi connectivity index (χ1n) is 14.8. The van der Waals surface area contributed by atoms with Crippen molar-refractivity contribution in [3.8, 4) is 0 Å². The molecule has 4 heterocycles. The lowest BCUT2D eigenvalue weighted by molar-refractivity contribution is -0.384. The first-order valence-corrected chi connectivity index (χ1v) is 14.8. The van der Waals surface area contributed by atoms with Gasteiger partial charge < -0.3 is 48.7 Å². The zero-order valence-electron chi connectivity index (χ0n) is 23.6. The molecule has 4 fully saturated rings. The molecule has 10 nitrogen and oxygen atoms in total. The molecular formula is C33H37NO9. The van der Waals surface area contributed by atoms with E-state index in [1.165, 1.54) is 0 Å². The van der Waals surface area contributed by atoms with Crippen LogP contribution in [0.4, 0.5) is 0 Å². The third-order valence-electron chi connectivity index (χ3n) is 8.36. The molecule has 4 saturated heterocycles. The topological polar surface area (TPSA) is 120 Å². The van der Waals surface area contributed by atoms with Crippen molar-refractivity contribution in [2.75, 3.05) is 13.2 Å². The van der Waals surface area contributed by atoms with Crippen molar-refractivity contribution >= 4 is 0 Å². The average molecular weight is 592 g/mol. The van der Waals surface area contributed by atoms with Gasteiger partial charge in [0.15, 0.2) is 18.9 Å². The molecule has 10 heteroatoms. The lowest BCUT2D eigenvalue weighted by Gasteiger charge is -2.50. The van der Waals surface area contributed by atoms with Gasteiger partial charge in [-0.05, 0) is 11.1 Å². The van der Waals surface area contributed by atoms with Crippen LogP contribution in [0.3, 0.4) is 0 Å². The molecule has 11 atom stereocenters. The predicted octanol–water partition coefficient (Wildman–Crippen LogP) is 2.82. The Morgan fingerprint density at radius 3 is 1.95 bits per heavy atom. The second kappa shape index (κ2) is 13.1. The Kier molecular flexibility index (Phi) is 8.83. The van der Waals surface area contributed by atoms with Crippen LogP contribution in [0, 0.1) is 0 Å². The second-order valence-corrected chi connectivity index (χ2v) is 11.3. The number of aliphatic hydroxyl groups excluding tert-OH is 1. The number of rotatable bonds is 9. The van der Waals surface area contributed by atoms with Crippen molar-refractivity contribution in [2.24, 2.45) is 5.73 Å². The highest BCUT2D eigenvalue weighted by Gasteiger charge is 2.55. The summed E-state index contributed by atoms with van der Waals surface area (Å²) in [6.07, 6.45) is -6.92. The smallest absolute Gasteiger partial charge is 0.187 e. The van der Waals surface area contributed by atoms with Gasteiger partial charge in [0.1, 0.15) is 42.7 Å². The summed E-state index contributed by atoms with van der Waals surface area (Å²) >= 11 is 0. The minimum absolute atomic E-state index is 0.249. The quantitative estimate of drug-likeness (QED) is 0.385. The number of hydrogen-bond acceptors (Lipinski definition) is 10. The van der Waals surface area contributed by atoms with E-state index in [9.17, 15) is 5.11 Å². The fraction of sp³-hybridized carbons (Fsp3) is 0.455. The van der Waals surface area contributed by atoms with E-state index in [-0.39, 0.29) is 19.8 Å². The van der Waals surface area contributed by atoms with Gasteiger partial charge in [0.05, 0.1) is 32.5 Å². The Balaban J connectivity index is 1.19. The molecule has 0 radical (unpaired) electrons. The Hall–Kier alpha value is -2.74. The van der Waals surface area contributed by atoms with Crippen LogP contribution in [0.1, 0.15) is 23.0 Å². The van der Waals surface area contributed by atoms with E-state index in [4.69, 9.17) is 43.6 Å². The summed E-state index contributed by atoms with van der Waals surface area (Å²) in [6, 6.07) is 28.8. The third kappa shape index (κ3) is 6.27. The van der Waals surface area contributed by atoms with Crippen molar-refractivity contribution in [3.63, 3.8) is 0 Å². The van der Waals surface area contributed by atoms with Crippen LogP contribution in [0.15, 0.2) is 91.0 Å². The number of fused-ring (bicyclic) bond motifs is 3. The lowest BCUT2D eigenvalue weighted by atomic mass is 9.95. The lowest BCUT2D eigenvalue weighted by Crippen LogP contribution is -2.66. The van der Waals surface area contributed by atoms with Crippen molar-refractivity contribution in [1.82, 2.24) is 0 Å². The Morgan fingerprint density at radius 2 is 1.28 bits per heavy atom. The maximum absolute atomic E-state index is 11.1. The zero-order chi connectivity index (χ0) is 29.2. The monoisotopic (exact) mass is 591 g/mol. The van der Waals surface area contributed by atoms with Gasteiger partial charge in [-0.2, -0.15) is 0 Å². The summed E-state index contributed by atoms with van der Waals surface area (Å²) < 4.78 is 50.5. The average Bonchev–Trinajstić information content (AvgIpc) is 3.52. The van der Waals surface area contributed by atoms with Crippen LogP contribution < -0.4 is 5.73 Å². The minimum atomic E-state index is -1.02. The number of benzene rings is 3. The maximum atomic E-state index is 11.1. The normalized spacial score (nSPS) is 37.1. The molecule has 3 N–H and O–H groups in total. The fourth-order valence-electron chi connectivity index (χ4n) is 6.07. The van der Waals surface area contributed by atoms with E-state index in [2.05, 4.69) is 0 Å². The summed E-state index contributed by atoms with van der Waals surface area (Å²) in [6.45, 7) is 1.12. The molecule has 11 unspecified atom stereocenters. The highest BCUT2D eigenvalue weighted by atomic mass is 16.8. The van der Waals surface area contributed by atoms with Gasteiger partial charge >= 0.3 is 0 Å². The molecule has 2 bridgehead atoms. The second-order valence-electron chi connectivity index (χ2n) is 11.3. The molecule has 4 aliphatic rings. The van der Waals surface area contributed by atoms with E-state index in [1.54, 1.807) is 0 Å². The highest BCUT2D eigenvalue weighted by Crippen LogP contribution is 2.39. The van der Waals surface area contributed by atoms with E-state index in [1.807, 2.05) is 91.0 Å². The summed E-state index contributed by atoms with van der Waals surface area (Å²) in [7, 11) is 0. The van der Waals surface area contributed by atoms with Crippen molar-refractivity contribution < 1.29 is 43.0 Å². The molecule has 228 valence electrons. The van der Waals surface area contributed by atoms with Crippen LogP contribution in [0.2, 0.25) is 0 Å². The Bertz CT molecular complexity index is 1300. The van der Waals surface area contributed by atoms with Gasteiger partial charge in [-0.15, -0.1) is 0 Å². The van der Waals surface area contributed by atoms with Crippen LogP contribution in [0.25, 0.3) is 0 Å². The number of hydrogen-bond donors (Lipinski definition) is 2. The van der Waals surface area contributed by atoms with Gasteiger partial charge in [0, 0.05) is 5.56 Å². The minimum Gasteiger partial charge on any atom is -0.388 e. The first-order chi connectivity index (χ1) is 21.1. The van der Waals surface area contributed by atoms with Gasteiger partial charge in [0.25, 0.3) is 0 Å². The molecule has 0 aliphatic carbocycles. The molecule has 43 heavy (non-hydrogen) atoms. The van der Waals surface area contributed by atoms with Gasteiger partial charge in [-0.25, -0.2) is 0 Å². The van der Waals surface area contributed by atoms with E-state index < -0.39 is 67.6 Å². The first kappa shape index (κ1) is 29.0. The molecular weight excluding hydrogens is 554 g/mol. The van der Waals surface area contributed by atoms with E-state index >= 15 is 0 Å². The third-order valence-corrected chi connectivity index (χ3v) is 8.36. The number of aliphatic hydroxyl groups is 1. The highest BCUT2D eigenvalue weighted by molar-refractivity contribution is 5.18. The molecule has 7 rings (SSSR count). The summed E-state index contributed by atoms with van der Waals surface area (Å²) in [4.78, 5) is 0. The molecule has 3 aromatic carbocycles. The molecule has 0 aromatic heterocycles.